The fourth-order valence-corrected chi connectivity index (χ4v) is 0.825. The lowest BCUT2D eigenvalue weighted by molar-refractivity contribution is 0.0853. The van der Waals surface area contributed by atoms with Crippen LogP contribution in [0.2, 0.25) is 0 Å². The molecule has 1 heterocycles. The smallest absolute Gasteiger partial charge is 0.348 e. The number of nitrogens with one attached hydrogen (secondary N) is 1. The minimum Gasteiger partial charge on any atom is -0.427 e. The topological polar surface area (TPSA) is 25.0 Å². The molecule has 2 nitrogen and oxygen atoms in total. The van der Waals surface area contributed by atoms with Gasteiger partial charge < -0.3 is 9.64 Å². The summed E-state index contributed by atoms with van der Waals surface area (Å²) in [6.07, 6.45) is 1.87. The van der Waals surface area contributed by atoms with Gasteiger partial charge in [0.15, 0.2) is 0 Å². The van der Waals surface area contributed by atoms with E-state index in [4.69, 9.17) is 4.65 Å². The summed E-state index contributed by atoms with van der Waals surface area (Å²) >= 11 is 4.51. The van der Waals surface area contributed by atoms with E-state index in [0.717, 1.165) is 5.59 Å². The predicted octanol–water partition coefficient (Wildman–Crippen LogP) is 1.76. The molecule has 0 aliphatic heterocycles. The molecule has 0 aliphatic carbocycles. The Morgan fingerprint density at radius 3 is 2.43 bits per heavy atom. The zero-order valence-electron chi connectivity index (χ0n) is 9.16. The lowest BCUT2D eigenvalue weighted by Crippen LogP contribution is -2.45. The Hall–Kier alpha value is -0.345. The minimum absolute atomic E-state index is 0.184. The van der Waals surface area contributed by atoms with Crippen LogP contribution in [0, 0.1) is 0 Å². The Morgan fingerprint density at radius 2 is 2.00 bits per heavy atom. The summed E-state index contributed by atoms with van der Waals surface area (Å²) in [4.78, 5) is 3.06. The molecule has 0 fully saturated rings. The second-order valence-electron chi connectivity index (χ2n) is 4.43. The predicted molar refractivity (Wildman–Crippen MR) is 64.4 cm³/mol. The first kappa shape index (κ1) is 11.7. The number of aromatic nitrogens is 1. The van der Waals surface area contributed by atoms with Gasteiger partial charge in [0, 0.05) is 16.5 Å². The first-order chi connectivity index (χ1) is 6.33. The molecule has 1 radical (unpaired) electrons. The average Bonchev–Trinajstić information content (AvgIpc) is 2.50. The van der Waals surface area contributed by atoms with Crippen LogP contribution >= 0.6 is 12.6 Å². The van der Waals surface area contributed by atoms with E-state index in [1.54, 1.807) is 7.48 Å². The maximum absolute atomic E-state index is 5.71. The van der Waals surface area contributed by atoms with Crippen LogP contribution in [0.1, 0.15) is 27.7 Å². The van der Waals surface area contributed by atoms with Gasteiger partial charge in [-0.05, 0) is 39.8 Å². The number of hydrogen-bond donors (Lipinski definition) is 2. The third-order valence-corrected chi connectivity index (χ3v) is 3.11. The molecule has 0 spiro atoms. The maximum Gasteiger partial charge on any atom is 0.348 e. The molecule has 0 saturated carbocycles. The standard InChI is InChI=1S/C10H17BNOS/c1-9(2,10(3,4)14)13-11-8-6-5-7-12-8/h5-7,12,14H,1-4H3. The quantitative estimate of drug-likeness (QED) is 0.574. The van der Waals surface area contributed by atoms with E-state index >= 15 is 0 Å². The number of rotatable bonds is 4. The molecule has 0 aromatic carbocycles. The molecule has 1 N–H and O–H groups in total. The molecule has 0 unspecified atom stereocenters. The fraction of sp³-hybridized carbons (Fsp3) is 0.600. The normalized spacial score (nSPS) is 12.9. The lowest BCUT2D eigenvalue weighted by atomic mass is 9.87. The summed E-state index contributed by atoms with van der Waals surface area (Å²) in [5, 5.41) is 0. The average molecular weight is 210 g/mol. The summed E-state index contributed by atoms with van der Waals surface area (Å²) in [6.45, 7) is 8.14. The molecule has 1 aromatic heterocycles. The Labute approximate surface area is 92.1 Å². The van der Waals surface area contributed by atoms with Crippen LogP contribution in [0.3, 0.4) is 0 Å². The van der Waals surface area contributed by atoms with Gasteiger partial charge in [-0.25, -0.2) is 0 Å². The van der Waals surface area contributed by atoms with E-state index in [9.17, 15) is 0 Å². The molecule has 0 bridgehead atoms. The van der Waals surface area contributed by atoms with E-state index in [-0.39, 0.29) is 10.3 Å². The molecule has 1 aromatic rings. The van der Waals surface area contributed by atoms with Crippen molar-refractivity contribution >= 4 is 25.7 Å². The molecule has 0 aliphatic rings. The molecular formula is C10H17BNOS. The zero-order valence-corrected chi connectivity index (χ0v) is 10.1. The first-order valence-electron chi connectivity index (χ1n) is 4.70. The van der Waals surface area contributed by atoms with Crippen molar-refractivity contribution in [2.45, 2.75) is 38.0 Å². The van der Waals surface area contributed by atoms with Gasteiger partial charge in [0.1, 0.15) is 0 Å². The summed E-state index contributed by atoms with van der Waals surface area (Å²) in [7, 11) is 1.73. The second-order valence-corrected chi connectivity index (χ2v) is 5.55. The number of thiol groups is 1. The molecule has 0 atom stereocenters. The van der Waals surface area contributed by atoms with Crippen LogP contribution in [0.5, 0.6) is 0 Å². The fourth-order valence-electron chi connectivity index (χ4n) is 0.773. The van der Waals surface area contributed by atoms with Crippen LogP contribution < -0.4 is 5.59 Å². The van der Waals surface area contributed by atoms with Crippen molar-refractivity contribution in [2.24, 2.45) is 0 Å². The maximum atomic E-state index is 5.71. The summed E-state index contributed by atoms with van der Waals surface area (Å²) < 4.78 is 5.52. The van der Waals surface area contributed by atoms with Crippen molar-refractivity contribution in [3.05, 3.63) is 18.3 Å². The molecule has 0 amide bonds. The van der Waals surface area contributed by atoms with Crippen molar-refractivity contribution in [3.63, 3.8) is 0 Å². The lowest BCUT2D eigenvalue weighted by Gasteiger charge is -2.38. The van der Waals surface area contributed by atoms with Gasteiger partial charge in [-0.2, -0.15) is 12.6 Å². The minimum atomic E-state index is -0.304. The van der Waals surface area contributed by atoms with E-state index in [2.05, 4.69) is 17.6 Å². The number of hydrogen-bond acceptors (Lipinski definition) is 2. The highest BCUT2D eigenvalue weighted by atomic mass is 32.1. The summed E-state index contributed by atoms with van der Waals surface area (Å²) in [6, 6.07) is 3.90. The van der Waals surface area contributed by atoms with Crippen LogP contribution in [0.4, 0.5) is 0 Å². The van der Waals surface area contributed by atoms with Crippen LogP contribution in [0.25, 0.3) is 0 Å². The third-order valence-electron chi connectivity index (χ3n) is 2.58. The molecule has 1 rings (SSSR count). The van der Waals surface area contributed by atoms with Gasteiger partial charge in [0.05, 0.1) is 5.60 Å². The van der Waals surface area contributed by atoms with Gasteiger partial charge in [-0.1, -0.05) is 0 Å². The molecular weight excluding hydrogens is 193 g/mol. The van der Waals surface area contributed by atoms with E-state index in [1.807, 2.05) is 46.0 Å². The van der Waals surface area contributed by atoms with Gasteiger partial charge in [-0.15, -0.1) is 0 Å². The van der Waals surface area contributed by atoms with Crippen molar-refractivity contribution in [1.29, 1.82) is 0 Å². The van der Waals surface area contributed by atoms with E-state index in [0.29, 0.717) is 0 Å². The Balaban J connectivity index is 2.53. The highest BCUT2D eigenvalue weighted by molar-refractivity contribution is 7.81. The number of aromatic amines is 1. The third kappa shape index (κ3) is 2.82. The monoisotopic (exact) mass is 210 g/mol. The SMILES string of the molecule is CC(C)(S)C(C)(C)O[B]c1ccc[nH]1. The zero-order chi connectivity index (χ0) is 10.8. The Morgan fingerprint density at radius 1 is 1.36 bits per heavy atom. The van der Waals surface area contributed by atoms with Crippen molar-refractivity contribution < 1.29 is 4.65 Å². The second kappa shape index (κ2) is 4.03. The molecule has 0 saturated heterocycles. The van der Waals surface area contributed by atoms with Crippen LogP contribution in [-0.4, -0.2) is 22.8 Å². The number of H-pyrrole nitrogens is 1. The van der Waals surface area contributed by atoms with Crippen LogP contribution in [0.15, 0.2) is 18.3 Å². The summed E-state index contributed by atoms with van der Waals surface area (Å²) in [5.74, 6) is 0. The highest BCUT2D eigenvalue weighted by Gasteiger charge is 2.34. The Kier molecular flexibility index (Phi) is 3.38. The molecule has 77 valence electrons. The first-order valence-corrected chi connectivity index (χ1v) is 5.14. The van der Waals surface area contributed by atoms with Crippen molar-refractivity contribution in [2.75, 3.05) is 0 Å². The van der Waals surface area contributed by atoms with Gasteiger partial charge in [0.2, 0.25) is 0 Å². The van der Waals surface area contributed by atoms with Crippen molar-refractivity contribution in [1.82, 2.24) is 4.98 Å². The van der Waals surface area contributed by atoms with Gasteiger partial charge >= 0.3 is 7.48 Å². The van der Waals surface area contributed by atoms with Gasteiger partial charge in [0.25, 0.3) is 0 Å². The van der Waals surface area contributed by atoms with Crippen molar-refractivity contribution in [3.8, 4) is 0 Å². The summed E-state index contributed by atoms with van der Waals surface area (Å²) in [5.41, 5.74) is 0.664. The van der Waals surface area contributed by atoms with Gasteiger partial charge in [-0.3, -0.25) is 0 Å². The van der Waals surface area contributed by atoms with E-state index in [1.165, 1.54) is 0 Å². The highest BCUT2D eigenvalue weighted by Crippen LogP contribution is 2.30. The van der Waals surface area contributed by atoms with Crippen LogP contribution in [-0.2, 0) is 4.65 Å². The molecule has 14 heavy (non-hydrogen) atoms. The van der Waals surface area contributed by atoms with E-state index < -0.39 is 0 Å². The Bertz CT molecular complexity index is 277. The largest absolute Gasteiger partial charge is 0.427 e. The molecule has 4 heteroatoms.